The summed E-state index contributed by atoms with van der Waals surface area (Å²) < 4.78 is 4.83. The number of nitro groups is 1. The number of hydrogen-bond donors (Lipinski definition) is 4. The third-order valence-corrected chi connectivity index (χ3v) is 1.25. The summed E-state index contributed by atoms with van der Waals surface area (Å²) in [7, 11) is 0. The maximum absolute atomic E-state index is 9.70. The molecule has 21 heavy (non-hydrogen) atoms. The summed E-state index contributed by atoms with van der Waals surface area (Å²) in [4.78, 5) is 18.1. The molecule has 9 heteroatoms. The predicted molar refractivity (Wildman–Crippen MR) is 79.5 cm³/mol. The Balaban J connectivity index is -0.0000000939. The molecule has 0 heterocycles. The number of nitrogens with zero attached hydrogens (tertiary/aromatic N) is 1. The van der Waals surface area contributed by atoms with Gasteiger partial charge in [0.15, 0.2) is 0 Å². The zero-order chi connectivity index (χ0) is 17.5. The van der Waals surface area contributed by atoms with E-state index in [0.29, 0.717) is 19.2 Å². The number of carbonyl (C=O) groups is 1. The maximum atomic E-state index is 9.70. The van der Waals surface area contributed by atoms with Crippen molar-refractivity contribution >= 4 is 5.97 Å². The van der Waals surface area contributed by atoms with Crippen molar-refractivity contribution in [2.45, 2.75) is 26.7 Å². The normalized spacial score (nSPS) is 7.86. The number of ether oxygens (including phenoxy) is 1. The molecular formula is C12H28N2O7. The Bertz CT molecular complexity index is 222. The molecule has 0 aromatic carbocycles. The summed E-state index contributed by atoms with van der Waals surface area (Å²) in [6.07, 6.45) is 1.41. The van der Waals surface area contributed by atoms with Gasteiger partial charge in [0, 0.05) is 19.6 Å². The SMILES string of the molecule is C=C[N+](=O)[O-].CCOCC.NCCCC(=O)O.OCCO. The molecule has 0 unspecified atom stereocenters. The largest absolute Gasteiger partial charge is 0.481 e. The van der Waals surface area contributed by atoms with Crippen molar-refractivity contribution in [2.75, 3.05) is 33.0 Å². The fourth-order valence-corrected chi connectivity index (χ4v) is 0.457. The van der Waals surface area contributed by atoms with E-state index in [1.54, 1.807) is 0 Å². The molecule has 0 spiro atoms. The molecule has 0 aliphatic rings. The number of aliphatic hydroxyl groups excluding tert-OH is 2. The Kier molecular flexibility index (Phi) is 41.0. The Labute approximate surface area is 125 Å². The van der Waals surface area contributed by atoms with Gasteiger partial charge in [0.05, 0.1) is 18.1 Å². The summed E-state index contributed by atoms with van der Waals surface area (Å²) in [5.74, 6) is -0.773. The molecule has 0 radical (unpaired) electrons. The Morgan fingerprint density at radius 1 is 1.33 bits per heavy atom. The van der Waals surface area contributed by atoms with Gasteiger partial charge in [0.2, 0.25) is 6.20 Å². The van der Waals surface area contributed by atoms with E-state index in [2.05, 4.69) is 6.58 Å². The van der Waals surface area contributed by atoms with Crippen LogP contribution in [0, 0.1) is 10.1 Å². The lowest BCUT2D eigenvalue weighted by atomic mass is 10.3. The van der Waals surface area contributed by atoms with Crippen LogP contribution in [0.25, 0.3) is 0 Å². The van der Waals surface area contributed by atoms with Gasteiger partial charge in [0.25, 0.3) is 0 Å². The average Bonchev–Trinajstić information content (AvgIpc) is 2.47. The van der Waals surface area contributed by atoms with Gasteiger partial charge in [-0.1, -0.05) is 0 Å². The average molecular weight is 312 g/mol. The van der Waals surface area contributed by atoms with Crippen LogP contribution in [-0.4, -0.2) is 59.2 Å². The summed E-state index contributed by atoms with van der Waals surface area (Å²) in [6, 6.07) is 0. The lowest BCUT2D eigenvalue weighted by Crippen LogP contribution is -2.02. The van der Waals surface area contributed by atoms with Gasteiger partial charge >= 0.3 is 5.97 Å². The second-order valence-corrected chi connectivity index (χ2v) is 2.98. The summed E-state index contributed by atoms with van der Waals surface area (Å²) >= 11 is 0. The highest BCUT2D eigenvalue weighted by molar-refractivity contribution is 5.66. The second-order valence-electron chi connectivity index (χ2n) is 2.98. The van der Waals surface area contributed by atoms with Gasteiger partial charge in [-0.25, -0.2) is 0 Å². The topological polar surface area (TPSA) is 156 Å². The first-order valence-electron chi connectivity index (χ1n) is 6.35. The Morgan fingerprint density at radius 3 is 1.76 bits per heavy atom. The minimum Gasteiger partial charge on any atom is -0.481 e. The Hall–Kier alpha value is -1.55. The molecule has 0 saturated heterocycles. The first kappa shape index (κ1) is 27.7. The van der Waals surface area contributed by atoms with E-state index < -0.39 is 10.9 Å². The van der Waals surface area contributed by atoms with E-state index in [-0.39, 0.29) is 19.6 Å². The van der Waals surface area contributed by atoms with E-state index in [9.17, 15) is 4.79 Å². The van der Waals surface area contributed by atoms with Gasteiger partial charge in [0.1, 0.15) is 0 Å². The predicted octanol–water partition coefficient (Wildman–Crippen LogP) is 0.230. The second kappa shape index (κ2) is 31.1. The molecule has 0 bridgehead atoms. The molecule has 0 saturated carbocycles. The number of carboxylic acids is 1. The zero-order valence-electron chi connectivity index (χ0n) is 12.7. The van der Waals surface area contributed by atoms with E-state index in [0.717, 1.165) is 13.2 Å². The highest BCUT2D eigenvalue weighted by atomic mass is 16.6. The van der Waals surface area contributed by atoms with Crippen LogP contribution in [0.15, 0.2) is 12.8 Å². The Morgan fingerprint density at radius 2 is 1.71 bits per heavy atom. The first-order valence-corrected chi connectivity index (χ1v) is 6.35. The third-order valence-electron chi connectivity index (χ3n) is 1.25. The van der Waals surface area contributed by atoms with Crippen LogP contribution in [0.2, 0.25) is 0 Å². The van der Waals surface area contributed by atoms with Crippen molar-refractivity contribution in [3.05, 3.63) is 22.9 Å². The van der Waals surface area contributed by atoms with E-state index in [1.165, 1.54) is 0 Å². The third kappa shape index (κ3) is 90.0. The van der Waals surface area contributed by atoms with Crippen molar-refractivity contribution in [2.24, 2.45) is 5.73 Å². The van der Waals surface area contributed by atoms with Crippen LogP contribution in [-0.2, 0) is 9.53 Å². The minimum absolute atomic E-state index is 0.125. The molecular weight excluding hydrogens is 284 g/mol. The summed E-state index contributed by atoms with van der Waals surface area (Å²) in [5, 5.41) is 32.3. The van der Waals surface area contributed by atoms with Crippen molar-refractivity contribution < 1.29 is 29.8 Å². The fourth-order valence-electron chi connectivity index (χ4n) is 0.457. The number of nitrogens with two attached hydrogens (primary N) is 1. The molecule has 0 aliphatic heterocycles. The van der Waals surface area contributed by atoms with Crippen LogP contribution in [0.5, 0.6) is 0 Å². The van der Waals surface area contributed by atoms with Crippen molar-refractivity contribution in [1.29, 1.82) is 0 Å². The zero-order valence-corrected chi connectivity index (χ0v) is 12.7. The molecule has 9 nitrogen and oxygen atoms in total. The standard InChI is InChI=1S/C4H9NO2.C4H10O.C2H3NO2.C2H6O2/c5-3-1-2-4(6)7;1-3-5-4-2;1-2-3(4)5;3-1-2-4/h1-3,5H2,(H,6,7);3-4H2,1-2H3;2H,1H2;3-4H,1-2H2. The molecule has 5 N–H and O–H groups in total. The molecule has 0 atom stereocenters. The van der Waals surface area contributed by atoms with E-state index in [1.807, 2.05) is 13.8 Å². The lowest BCUT2D eigenvalue weighted by Gasteiger charge is -1.86. The van der Waals surface area contributed by atoms with E-state index >= 15 is 0 Å². The fraction of sp³-hybridized carbons (Fsp3) is 0.750. The van der Waals surface area contributed by atoms with Crippen LogP contribution < -0.4 is 5.73 Å². The van der Waals surface area contributed by atoms with Crippen LogP contribution in [0.4, 0.5) is 0 Å². The van der Waals surface area contributed by atoms with Crippen LogP contribution in [0.1, 0.15) is 26.7 Å². The van der Waals surface area contributed by atoms with Crippen LogP contribution >= 0.6 is 0 Å². The quantitative estimate of drug-likeness (QED) is 0.384. The van der Waals surface area contributed by atoms with Crippen molar-refractivity contribution in [1.82, 2.24) is 0 Å². The number of aliphatic hydroxyl groups is 2. The monoisotopic (exact) mass is 312 g/mol. The van der Waals surface area contributed by atoms with Gasteiger partial charge in [-0.2, -0.15) is 0 Å². The molecule has 0 rings (SSSR count). The van der Waals surface area contributed by atoms with Gasteiger partial charge in [-0.15, -0.1) is 0 Å². The van der Waals surface area contributed by atoms with E-state index in [4.69, 9.17) is 35.9 Å². The molecule has 0 fully saturated rings. The number of rotatable bonds is 7. The van der Waals surface area contributed by atoms with Gasteiger partial charge in [-0.05, 0) is 33.4 Å². The highest BCUT2D eigenvalue weighted by Gasteiger charge is 1.91. The summed E-state index contributed by atoms with van der Waals surface area (Å²) in [6.45, 7) is 8.74. The van der Waals surface area contributed by atoms with Crippen molar-refractivity contribution in [3.63, 3.8) is 0 Å². The maximum Gasteiger partial charge on any atom is 0.303 e. The highest BCUT2D eigenvalue weighted by Crippen LogP contribution is 1.82. The lowest BCUT2D eigenvalue weighted by molar-refractivity contribution is -0.401. The molecule has 0 amide bonds. The van der Waals surface area contributed by atoms with Gasteiger partial charge < -0.3 is 25.8 Å². The molecule has 0 aliphatic carbocycles. The molecule has 0 aromatic heterocycles. The molecule has 0 aromatic rings. The number of aliphatic carboxylic acids is 1. The minimum atomic E-state index is -0.773. The summed E-state index contributed by atoms with van der Waals surface area (Å²) in [5.41, 5.74) is 5.01. The number of carboxylic acid groups (broad SMARTS) is 1. The van der Waals surface area contributed by atoms with Gasteiger partial charge in [-0.3, -0.25) is 14.9 Å². The smallest absolute Gasteiger partial charge is 0.303 e. The first-order chi connectivity index (χ1) is 9.87. The van der Waals surface area contributed by atoms with Crippen molar-refractivity contribution in [3.8, 4) is 0 Å². The number of hydrogen-bond acceptors (Lipinski definition) is 7. The van der Waals surface area contributed by atoms with Crippen LogP contribution in [0.3, 0.4) is 0 Å². The molecule has 128 valence electrons.